The van der Waals surface area contributed by atoms with E-state index in [-0.39, 0.29) is 34.6 Å². The number of hydrogen-bond donors (Lipinski definition) is 2. The fourth-order valence-corrected chi connectivity index (χ4v) is 3.69. The molecule has 3 rings (SSSR count). The Balaban J connectivity index is 2.11. The Morgan fingerprint density at radius 1 is 1.12 bits per heavy atom. The molecule has 32 heavy (non-hydrogen) atoms. The summed E-state index contributed by atoms with van der Waals surface area (Å²) >= 11 is 0. The largest absolute Gasteiger partial charge is 0.495 e. The van der Waals surface area contributed by atoms with Crippen LogP contribution in [0.15, 0.2) is 41.4 Å². The number of rotatable bonds is 4. The molecule has 6 nitrogen and oxygen atoms in total. The van der Waals surface area contributed by atoms with Crippen LogP contribution in [0.4, 0.5) is 28.9 Å². The van der Waals surface area contributed by atoms with Crippen molar-refractivity contribution in [2.75, 3.05) is 19.5 Å². The molecular weight excluding hydrogens is 428 g/mol. The summed E-state index contributed by atoms with van der Waals surface area (Å²) in [6.07, 6.45) is -4.55. The second-order valence-electron chi connectivity index (χ2n) is 8.26. The molecule has 0 fully saturated rings. The number of ether oxygens (including phenoxy) is 1. The number of guanidine groups is 1. The highest BCUT2D eigenvalue weighted by Gasteiger charge is 2.53. The van der Waals surface area contributed by atoms with Crippen LogP contribution >= 0.6 is 0 Å². The van der Waals surface area contributed by atoms with E-state index in [1.807, 2.05) is 0 Å². The molecule has 0 aliphatic carbocycles. The van der Waals surface area contributed by atoms with Gasteiger partial charge in [-0.05, 0) is 57.2 Å². The summed E-state index contributed by atoms with van der Waals surface area (Å²) in [5, 5.41) is 2.85. The Morgan fingerprint density at radius 3 is 2.38 bits per heavy atom. The van der Waals surface area contributed by atoms with E-state index < -0.39 is 28.5 Å². The van der Waals surface area contributed by atoms with Gasteiger partial charge in [0.1, 0.15) is 17.1 Å². The lowest BCUT2D eigenvalue weighted by atomic mass is 9.67. The van der Waals surface area contributed by atoms with Crippen molar-refractivity contribution in [2.45, 2.75) is 32.5 Å². The number of methoxy groups -OCH3 is 1. The number of benzene rings is 2. The van der Waals surface area contributed by atoms with Crippen molar-refractivity contribution in [1.29, 1.82) is 0 Å². The molecule has 0 saturated carbocycles. The van der Waals surface area contributed by atoms with Crippen LogP contribution in [-0.4, -0.2) is 30.9 Å². The molecule has 0 saturated heterocycles. The van der Waals surface area contributed by atoms with Gasteiger partial charge in [-0.2, -0.15) is 13.2 Å². The summed E-state index contributed by atoms with van der Waals surface area (Å²) in [5.41, 5.74) is 2.93. The summed E-state index contributed by atoms with van der Waals surface area (Å²) in [4.78, 5) is 18.5. The lowest BCUT2D eigenvalue weighted by molar-refractivity contribution is -0.140. The highest BCUT2D eigenvalue weighted by atomic mass is 19.4. The summed E-state index contributed by atoms with van der Waals surface area (Å²) < 4.78 is 59.6. The summed E-state index contributed by atoms with van der Waals surface area (Å²) in [7, 11) is 2.81. The molecule has 1 amide bonds. The van der Waals surface area contributed by atoms with Crippen LogP contribution in [0, 0.1) is 11.2 Å². The van der Waals surface area contributed by atoms with Crippen LogP contribution in [0.25, 0.3) is 0 Å². The monoisotopic (exact) mass is 452 g/mol. The number of nitrogens with two attached hydrogens (primary N) is 1. The molecule has 1 aliphatic rings. The van der Waals surface area contributed by atoms with Crippen LogP contribution in [0.3, 0.4) is 0 Å². The van der Waals surface area contributed by atoms with E-state index in [2.05, 4.69) is 10.3 Å². The molecule has 1 atom stereocenters. The molecule has 1 unspecified atom stereocenters. The van der Waals surface area contributed by atoms with Crippen LogP contribution in [0.2, 0.25) is 0 Å². The van der Waals surface area contributed by atoms with Crippen molar-refractivity contribution in [1.82, 2.24) is 4.90 Å². The zero-order valence-electron chi connectivity index (χ0n) is 18.3. The van der Waals surface area contributed by atoms with E-state index in [1.165, 1.54) is 37.3 Å². The van der Waals surface area contributed by atoms with E-state index >= 15 is 0 Å². The van der Waals surface area contributed by atoms with Gasteiger partial charge in [-0.25, -0.2) is 9.38 Å². The molecule has 0 aromatic heterocycles. The minimum atomic E-state index is -4.55. The molecular formula is C22H24F4N4O2. The van der Waals surface area contributed by atoms with Crippen molar-refractivity contribution in [3.63, 3.8) is 0 Å². The number of nitrogens with zero attached hydrogens (tertiary/aromatic N) is 2. The van der Waals surface area contributed by atoms with Crippen molar-refractivity contribution >= 4 is 23.2 Å². The number of amides is 1. The topological polar surface area (TPSA) is 80.0 Å². The number of aliphatic imine (C=N–C) groups is 1. The number of alkyl halides is 3. The van der Waals surface area contributed by atoms with Gasteiger partial charge in [0.2, 0.25) is 5.91 Å². The number of halogens is 4. The first-order chi connectivity index (χ1) is 14.7. The maximum absolute atomic E-state index is 15.0. The Bertz CT molecular complexity index is 1100. The molecule has 0 spiro atoms. The average molecular weight is 452 g/mol. The van der Waals surface area contributed by atoms with Gasteiger partial charge in [0, 0.05) is 18.3 Å². The summed E-state index contributed by atoms with van der Waals surface area (Å²) in [6, 6.07) is 6.95. The molecule has 172 valence electrons. The van der Waals surface area contributed by atoms with Gasteiger partial charge in [0.15, 0.2) is 5.96 Å². The fraction of sp³-hybridized carbons (Fsp3) is 0.364. The van der Waals surface area contributed by atoms with Gasteiger partial charge in [0.25, 0.3) is 0 Å². The van der Waals surface area contributed by atoms with Gasteiger partial charge in [-0.3, -0.25) is 9.69 Å². The predicted molar refractivity (Wildman–Crippen MR) is 113 cm³/mol. The molecule has 2 aromatic carbocycles. The highest BCUT2D eigenvalue weighted by Crippen LogP contribution is 2.48. The van der Waals surface area contributed by atoms with Crippen molar-refractivity contribution in [3.8, 4) is 5.75 Å². The van der Waals surface area contributed by atoms with Crippen molar-refractivity contribution in [3.05, 3.63) is 53.3 Å². The quantitative estimate of drug-likeness (QED) is 0.664. The van der Waals surface area contributed by atoms with Crippen LogP contribution in [0.5, 0.6) is 5.75 Å². The first kappa shape index (κ1) is 23.4. The second-order valence-corrected chi connectivity index (χ2v) is 8.26. The fourth-order valence-electron chi connectivity index (χ4n) is 3.69. The lowest BCUT2D eigenvalue weighted by Crippen LogP contribution is -2.58. The molecule has 1 aliphatic heterocycles. The van der Waals surface area contributed by atoms with Crippen molar-refractivity contribution in [2.24, 2.45) is 16.1 Å². The van der Waals surface area contributed by atoms with E-state index in [4.69, 9.17) is 10.5 Å². The predicted octanol–water partition coefficient (Wildman–Crippen LogP) is 4.62. The maximum atomic E-state index is 15.0. The molecule has 3 N–H and O–H groups in total. The Morgan fingerprint density at radius 2 is 1.78 bits per heavy atom. The maximum Gasteiger partial charge on any atom is 0.416 e. The second kappa shape index (κ2) is 7.68. The SMILES string of the molecule is COc1ccc(C(F)(F)F)cc1Nc1ccc(F)c(C2(C)N=C(N)N(C)C(=O)C2(C)C)c1. The van der Waals surface area contributed by atoms with Gasteiger partial charge >= 0.3 is 6.18 Å². The van der Waals surface area contributed by atoms with E-state index in [0.717, 1.165) is 18.2 Å². The number of carbonyl (C=O) groups excluding carboxylic acids is 1. The van der Waals surface area contributed by atoms with Crippen LogP contribution in [-0.2, 0) is 16.5 Å². The standard InChI is InChI=1S/C22H24F4N4O2/c1-20(2)18(31)30(4)19(27)29-21(20,3)14-11-13(7-8-15(14)23)28-16-10-12(22(24,25)26)6-9-17(16)32-5/h6-11,28H,1-5H3,(H2,27,29). The molecule has 0 bridgehead atoms. The van der Waals surface area contributed by atoms with Gasteiger partial charge < -0.3 is 15.8 Å². The zero-order valence-corrected chi connectivity index (χ0v) is 18.3. The third kappa shape index (κ3) is 3.74. The number of carbonyl (C=O) groups is 1. The molecule has 2 aromatic rings. The van der Waals surface area contributed by atoms with Crippen LogP contribution < -0.4 is 15.8 Å². The highest BCUT2D eigenvalue weighted by molar-refractivity contribution is 6.01. The minimum absolute atomic E-state index is 0.0479. The van der Waals surface area contributed by atoms with Crippen molar-refractivity contribution < 1.29 is 27.1 Å². The van der Waals surface area contributed by atoms with Gasteiger partial charge in [0.05, 0.1) is 23.8 Å². The zero-order chi connectivity index (χ0) is 24.1. The summed E-state index contributed by atoms with van der Waals surface area (Å²) in [5.74, 6) is -0.859. The van der Waals surface area contributed by atoms with Gasteiger partial charge in [-0.15, -0.1) is 0 Å². The normalized spacial score (nSPS) is 20.7. The smallest absolute Gasteiger partial charge is 0.416 e. The minimum Gasteiger partial charge on any atom is -0.495 e. The third-order valence-electron chi connectivity index (χ3n) is 6.03. The first-order valence-electron chi connectivity index (χ1n) is 9.68. The van der Waals surface area contributed by atoms with E-state index in [1.54, 1.807) is 20.8 Å². The Hall–Kier alpha value is -3.30. The summed E-state index contributed by atoms with van der Waals surface area (Å²) in [6.45, 7) is 4.87. The number of anilines is 2. The third-order valence-corrected chi connectivity index (χ3v) is 6.03. The van der Waals surface area contributed by atoms with Crippen LogP contribution in [0.1, 0.15) is 31.9 Å². The first-order valence-corrected chi connectivity index (χ1v) is 9.68. The van der Waals surface area contributed by atoms with E-state index in [0.29, 0.717) is 0 Å². The molecule has 0 radical (unpaired) electrons. The van der Waals surface area contributed by atoms with Gasteiger partial charge in [-0.1, -0.05) is 0 Å². The number of hydrogen-bond acceptors (Lipinski definition) is 5. The van der Waals surface area contributed by atoms with E-state index in [9.17, 15) is 22.4 Å². The lowest BCUT2D eigenvalue weighted by Gasteiger charge is -2.46. The number of nitrogens with one attached hydrogen (secondary N) is 1. The Labute approximate surface area is 183 Å². The molecule has 1 heterocycles. The Kier molecular flexibility index (Phi) is 5.61. The molecule has 10 heteroatoms. The average Bonchev–Trinajstić information content (AvgIpc) is 2.72.